The van der Waals surface area contributed by atoms with Crippen LogP contribution in [-0.2, 0) is 4.74 Å². The average molecular weight is 296 g/mol. The number of nitrogens with two attached hydrogens (primary N) is 1. The molecule has 1 fully saturated rings. The molecular formula is C17H26ClNO. The van der Waals surface area contributed by atoms with E-state index in [-0.39, 0.29) is 12.1 Å². The normalized spacial score (nSPS) is 19.8. The molecule has 2 rings (SSSR count). The van der Waals surface area contributed by atoms with Crippen molar-refractivity contribution in [3.8, 4) is 0 Å². The third-order valence-corrected chi connectivity index (χ3v) is 4.65. The molecule has 2 unspecified atom stereocenters. The lowest BCUT2D eigenvalue weighted by atomic mass is 9.90. The molecule has 0 heterocycles. The molecule has 2 nitrogen and oxygen atoms in total. The van der Waals surface area contributed by atoms with Gasteiger partial charge in [-0.25, -0.2) is 0 Å². The molecule has 1 aromatic rings. The first-order valence-electron chi connectivity index (χ1n) is 7.84. The van der Waals surface area contributed by atoms with Gasteiger partial charge in [0.15, 0.2) is 0 Å². The SMILES string of the molecule is CCC(N)C(OCC1CCCCC1)c1ccccc1Cl. The number of rotatable bonds is 6. The zero-order chi connectivity index (χ0) is 14.4. The maximum atomic E-state index is 6.31. The van der Waals surface area contributed by atoms with E-state index in [0.717, 1.165) is 23.6 Å². The monoisotopic (exact) mass is 295 g/mol. The van der Waals surface area contributed by atoms with Crippen LogP contribution in [0.4, 0.5) is 0 Å². The molecule has 1 aliphatic rings. The van der Waals surface area contributed by atoms with Crippen LogP contribution in [0, 0.1) is 5.92 Å². The summed E-state index contributed by atoms with van der Waals surface area (Å²) < 4.78 is 6.19. The van der Waals surface area contributed by atoms with Crippen LogP contribution in [0.2, 0.25) is 5.02 Å². The summed E-state index contributed by atoms with van der Waals surface area (Å²) in [6.45, 7) is 2.90. The fourth-order valence-corrected chi connectivity index (χ4v) is 3.20. The largest absolute Gasteiger partial charge is 0.372 e. The zero-order valence-corrected chi connectivity index (χ0v) is 13.1. The van der Waals surface area contributed by atoms with Crippen molar-refractivity contribution in [2.24, 2.45) is 11.7 Å². The van der Waals surface area contributed by atoms with Gasteiger partial charge in [0.1, 0.15) is 0 Å². The summed E-state index contributed by atoms with van der Waals surface area (Å²) in [5.74, 6) is 0.692. The van der Waals surface area contributed by atoms with Crippen molar-refractivity contribution >= 4 is 11.6 Å². The predicted molar refractivity (Wildman–Crippen MR) is 85.0 cm³/mol. The molecule has 1 aromatic carbocycles. The molecule has 0 aromatic heterocycles. The van der Waals surface area contributed by atoms with Gasteiger partial charge in [0.05, 0.1) is 12.7 Å². The minimum Gasteiger partial charge on any atom is -0.372 e. The van der Waals surface area contributed by atoms with Gasteiger partial charge in [0, 0.05) is 16.6 Å². The van der Waals surface area contributed by atoms with Gasteiger partial charge >= 0.3 is 0 Å². The van der Waals surface area contributed by atoms with Gasteiger partial charge in [-0.05, 0) is 31.2 Å². The number of benzene rings is 1. The van der Waals surface area contributed by atoms with Crippen LogP contribution in [-0.4, -0.2) is 12.6 Å². The van der Waals surface area contributed by atoms with Gasteiger partial charge in [-0.2, -0.15) is 0 Å². The van der Waals surface area contributed by atoms with Crippen molar-refractivity contribution < 1.29 is 4.74 Å². The Labute approximate surface area is 127 Å². The molecule has 3 heteroatoms. The van der Waals surface area contributed by atoms with E-state index < -0.39 is 0 Å². The van der Waals surface area contributed by atoms with E-state index in [1.54, 1.807) is 0 Å². The Kier molecular flexibility index (Phi) is 6.34. The first-order chi connectivity index (χ1) is 9.72. The molecule has 0 spiro atoms. The maximum absolute atomic E-state index is 6.31. The molecule has 0 bridgehead atoms. The van der Waals surface area contributed by atoms with Gasteiger partial charge < -0.3 is 10.5 Å². The third kappa shape index (κ3) is 4.21. The minimum atomic E-state index is -0.0874. The highest BCUT2D eigenvalue weighted by Gasteiger charge is 2.23. The molecule has 1 aliphatic carbocycles. The van der Waals surface area contributed by atoms with Gasteiger partial charge in [-0.15, -0.1) is 0 Å². The molecule has 1 saturated carbocycles. The molecule has 20 heavy (non-hydrogen) atoms. The summed E-state index contributed by atoms with van der Waals surface area (Å²) in [5.41, 5.74) is 7.28. The van der Waals surface area contributed by atoms with Gasteiger partial charge in [-0.3, -0.25) is 0 Å². The lowest BCUT2D eigenvalue weighted by Gasteiger charge is -2.28. The highest BCUT2D eigenvalue weighted by molar-refractivity contribution is 6.31. The van der Waals surface area contributed by atoms with Crippen LogP contribution >= 0.6 is 11.6 Å². The van der Waals surface area contributed by atoms with Crippen LogP contribution in [0.1, 0.15) is 57.1 Å². The molecule has 0 radical (unpaired) electrons. The number of hydrogen-bond donors (Lipinski definition) is 1. The molecule has 0 saturated heterocycles. The van der Waals surface area contributed by atoms with Crippen LogP contribution in [0.15, 0.2) is 24.3 Å². The minimum absolute atomic E-state index is 0.00140. The second-order valence-electron chi connectivity index (χ2n) is 5.85. The third-order valence-electron chi connectivity index (χ3n) is 4.31. The fraction of sp³-hybridized carbons (Fsp3) is 0.647. The smallest absolute Gasteiger partial charge is 0.0990 e. The lowest BCUT2D eigenvalue weighted by Crippen LogP contribution is -2.31. The van der Waals surface area contributed by atoms with Crippen molar-refractivity contribution in [2.45, 2.75) is 57.6 Å². The number of ether oxygens (including phenoxy) is 1. The van der Waals surface area contributed by atoms with Crippen LogP contribution in [0.3, 0.4) is 0 Å². The molecule has 112 valence electrons. The predicted octanol–water partition coefficient (Wildman–Crippen LogP) is 4.72. The Hall–Kier alpha value is -0.570. The van der Waals surface area contributed by atoms with Crippen molar-refractivity contribution in [2.75, 3.05) is 6.61 Å². The van der Waals surface area contributed by atoms with E-state index in [0.29, 0.717) is 5.92 Å². The highest BCUT2D eigenvalue weighted by atomic mass is 35.5. The lowest BCUT2D eigenvalue weighted by molar-refractivity contribution is 0.00445. The van der Waals surface area contributed by atoms with Crippen molar-refractivity contribution in [3.05, 3.63) is 34.9 Å². The second-order valence-corrected chi connectivity index (χ2v) is 6.26. The van der Waals surface area contributed by atoms with E-state index in [2.05, 4.69) is 6.92 Å². The Morgan fingerprint density at radius 3 is 2.60 bits per heavy atom. The van der Waals surface area contributed by atoms with E-state index in [1.165, 1.54) is 32.1 Å². The van der Waals surface area contributed by atoms with Crippen LogP contribution in [0.25, 0.3) is 0 Å². The van der Waals surface area contributed by atoms with Gasteiger partial charge in [-0.1, -0.05) is 56.0 Å². The fourth-order valence-electron chi connectivity index (χ4n) is 2.96. The van der Waals surface area contributed by atoms with Crippen molar-refractivity contribution in [1.29, 1.82) is 0 Å². The molecular weight excluding hydrogens is 270 g/mol. The molecule has 2 N–H and O–H groups in total. The Balaban J connectivity index is 2.02. The van der Waals surface area contributed by atoms with Gasteiger partial charge in [0.25, 0.3) is 0 Å². The van der Waals surface area contributed by atoms with Crippen LogP contribution < -0.4 is 5.73 Å². The van der Waals surface area contributed by atoms with Gasteiger partial charge in [0.2, 0.25) is 0 Å². The summed E-state index contributed by atoms with van der Waals surface area (Å²) >= 11 is 6.31. The van der Waals surface area contributed by atoms with Crippen LogP contribution in [0.5, 0.6) is 0 Å². The summed E-state index contributed by atoms with van der Waals surface area (Å²) in [6, 6.07) is 7.89. The highest BCUT2D eigenvalue weighted by Crippen LogP contribution is 2.31. The first-order valence-corrected chi connectivity index (χ1v) is 8.21. The molecule has 0 aliphatic heterocycles. The maximum Gasteiger partial charge on any atom is 0.0990 e. The number of halogens is 1. The van der Waals surface area contributed by atoms with Crippen molar-refractivity contribution in [1.82, 2.24) is 0 Å². The average Bonchev–Trinajstić information content (AvgIpc) is 2.50. The summed E-state index contributed by atoms with van der Waals surface area (Å²) in [7, 11) is 0. The van der Waals surface area contributed by atoms with E-state index in [9.17, 15) is 0 Å². The Morgan fingerprint density at radius 2 is 1.95 bits per heavy atom. The summed E-state index contributed by atoms with van der Waals surface area (Å²) in [4.78, 5) is 0. The van der Waals surface area contributed by atoms with E-state index >= 15 is 0 Å². The standard InChI is InChI=1S/C17H26ClNO/c1-2-16(19)17(14-10-6-7-11-15(14)18)20-12-13-8-4-3-5-9-13/h6-7,10-11,13,16-17H,2-5,8-9,12,19H2,1H3. The second kappa shape index (κ2) is 8.02. The molecule has 2 atom stereocenters. The zero-order valence-electron chi connectivity index (χ0n) is 12.4. The van der Waals surface area contributed by atoms with Crippen molar-refractivity contribution in [3.63, 3.8) is 0 Å². The quantitative estimate of drug-likeness (QED) is 0.824. The summed E-state index contributed by atoms with van der Waals surface area (Å²) in [6.07, 6.45) is 7.43. The topological polar surface area (TPSA) is 35.2 Å². The summed E-state index contributed by atoms with van der Waals surface area (Å²) in [5, 5.41) is 0.755. The first kappa shape index (κ1) is 15.8. The van der Waals surface area contributed by atoms with E-state index in [1.807, 2.05) is 24.3 Å². The molecule has 0 amide bonds. The Morgan fingerprint density at radius 1 is 1.25 bits per heavy atom. The Bertz CT molecular complexity index is 404. The number of hydrogen-bond acceptors (Lipinski definition) is 2. The van der Waals surface area contributed by atoms with E-state index in [4.69, 9.17) is 22.1 Å².